The van der Waals surface area contributed by atoms with Gasteiger partial charge < -0.3 is 13.9 Å². The molecule has 2 heterocycles. The van der Waals surface area contributed by atoms with Crippen molar-refractivity contribution in [1.82, 2.24) is 4.98 Å². The Morgan fingerprint density at radius 2 is 2.38 bits per heavy atom. The van der Waals surface area contributed by atoms with Crippen LogP contribution in [0.2, 0.25) is 0 Å². The largest absolute Gasteiger partial charge is 0.475 e. The summed E-state index contributed by atoms with van der Waals surface area (Å²) in [5, 5.41) is 9.34. The summed E-state index contributed by atoms with van der Waals surface area (Å²) in [5.41, 5.74) is 1.42. The fourth-order valence-electron chi connectivity index (χ4n) is 1.18. The first-order chi connectivity index (χ1) is 7.66. The zero-order valence-corrected chi connectivity index (χ0v) is 9.28. The van der Waals surface area contributed by atoms with E-state index in [2.05, 4.69) is 4.98 Å². The van der Waals surface area contributed by atoms with Gasteiger partial charge in [-0.3, -0.25) is 0 Å². The number of thioether (sulfide) groups is 1. The minimum atomic E-state index is -1.07. The molecule has 84 valence electrons. The number of hydrogen-bond acceptors (Lipinski definition) is 5. The van der Waals surface area contributed by atoms with E-state index >= 15 is 0 Å². The van der Waals surface area contributed by atoms with E-state index < -0.39 is 5.97 Å². The van der Waals surface area contributed by atoms with Gasteiger partial charge in [-0.1, -0.05) is 11.8 Å². The van der Waals surface area contributed by atoms with Crippen molar-refractivity contribution in [3.63, 3.8) is 0 Å². The van der Waals surface area contributed by atoms with E-state index in [0.29, 0.717) is 16.5 Å². The van der Waals surface area contributed by atoms with Crippen molar-refractivity contribution >= 4 is 17.7 Å². The number of carbonyl (C=O) groups is 1. The lowest BCUT2D eigenvalue weighted by molar-refractivity contribution is 0.0661. The predicted octanol–water partition coefficient (Wildman–Crippen LogP) is 2.57. The number of nitrogens with zero attached hydrogens (tertiary/aromatic N) is 1. The monoisotopic (exact) mass is 239 g/mol. The third-order valence-electron chi connectivity index (χ3n) is 1.89. The molecule has 1 N–H and O–H groups in total. The van der Waals surface area contributed by atoms with Crippen LogP contribution in [0.3, 0.4) is 0 Å². The van der Waals surface area contributed by atoms with Crippen molar-refractivity contribution in [3.05, 3.63) is 35.6 Å². The van der Waals surface area contributed by atoms with E-state index in [1.165, 1.54) is 18.0 Å². The van der Waals surface area contributed by atoms with Gasteiger partial charge in [-0.05, 0) is 13.0 Å². The number of oxazole rings is 1. The molecule has 0 aliphatic rings. The number of hydrogen-bond donors (Lipinski definition) is 1. The lowest BCUT2D eigenvalue weighted by atomic mass is 10.3. The zero-order chi connectivity index (χ0) is 11.5. The molecular formula is C10H9NO4S. The third-order valence-corrected chi connectivity index (χ3v) is 2.78. The quantitative estimate of drug-likeness (QED) is 0.826. The van der Waals surface area contributed by atoms with Gasteiger partial charge >= 0.3 is 5.97 Å². The minimum Gasteiger partial charge on any atom is -0.475 e. The summed E-state index contributed by atoms with van der Waals surface area (Å²) in [7, 11) is 0. The van der Waals surface area contributed by atoms with Crippen molar-refractivity contribution in [1.29, 1.82) is 0 Å². The number of rotatable bonds is 4. The van der Waals surface area contributed by atoms with E-state index in [1.807, 2.05) is 6.92 Å². The Hall–Kier alpha value is -1.69. The summed E-state index contributed by atoms with van der Waals surface area (Å²) in [6.07, 6.45) is 2.91. The molecule has 16 heavy (non-hydrogen) atoms. The normalized spacial score (nSPS) is 10.6. The van der Waals surface area contributed by atoms with Crippen LogP contribution >= 0.6 is 11.8 Å². The first-order valence-electron chi connectivity index (χ1n) is 4.51. The molecule has 0 saturated heterocycles. The SMILES string of the molecule is Cc1coc(SCc2ccoc2C(=O)O)n1. The maximum Gasteiger partial charge on any atom is 0.372 e. The molecule has 0 unspecified atom stereocenters. The van der Waals surface area contributed by atoms with Gasteiger partial charge in [0.05, 0.1) is 12.0 Å². The smallest absolute Gasteiger partial charge is 0.372 e. The average Bonchev–Trinajstić information content (AvgIpc) is 2.83. The van der Waals surface area contributed by atoms with Gasteiger partial charge in [0.1, 0.15) is 6.26 Å². The summed E-state index contributed by atoms with van der Waals surface area (Å²) in [5.74, 6) is -0.641. The Morgan fingerprint density at radius 1 is 1.56 bits per heavy atom. The highest BCUT2D eigenvalue weighted by Gasteiger charge is 2.14. The molecule has 0 aromatic carbocycles. The topological polar surface area (TPSA) is 76.5 Å². The van der Waals surface area contributed by atoms with Crippen molar-refractivity contribution in [2.45, 2.75) is 17.9 Å². The van der Waals surface area contributed by atoms with Gasteiger partial charge in [0.15, 0.2) is 0 Å². The van der Waals surface area contributed by atoms with Crippen LogP contribution in [0.5, 0.6) is 0 Å². The molecule has 0 spiro atoms. The van der Waals surface area contributed by atoms with Crippen LogP contribution in [0.15, 0.2) is 32.6 Å². The molecule has 5 nitrogen and oxygen atoms in total. The first kappa shape index (κ1) is 10.8. The molecule has 0 aliphatic heterocycles. The summed E-state index contributed by atoms with van der Waals surface area (Å²) < 4.78 is 9.99. The third kappa shape index (κ3) is 2.27. The summed E-state index contributed by atoms with van der Waals surface area (Å²) in [4.78, 5) is 14.9. The van der Waals surface area contributed by atoms with Gasteiger partial charge in [0.25, 0.3) is 5.22 Å². The van der Waals surface area contributed by atoms with E-state index in [0.717, 1.165) is 5.69 Å². The molecule has 0 bridgehead atoms. The molecule has 2 aromatic heterocycles. The van der Waals surface area contributed by atoms with Gasteiger partial charge in [0, 0.05) is 11.3 Å². The van der Waals surface area contributed by atoms with Crippen molar-refractivity contribution in [2.24, 2.45) is 0 Å². The van der Waals surface area contributed by atoms with Gasteiger partial charge in [-0.25, -0.2) is 9.78 Å². The number of furan rings is 1. The lowest BCUT2D eigenvalue weighted by Gasteiger charge is -1.95. The Kier molecular flexibility index (Phi) is 3.00. The van der Waals surface area contributed by atoms with Gasteiger partial charge in [0.2, 0.25) is 5.76 Å². The molecule has 0 saturated carbocycles. The second-order valence-corrected chi connectivity index (χ2v) is 4.05. The molecule has 0 atom stereocenters. The Bertz CT molecular complexity index is 502. The fourth-order valence-corrected chi connectivity index (χ4v) is 2.01. The van der Waals surface area contributed by atoms with Crippen LogP contribution in [-0.2, 0) is 5.75 Å². The average molecular weight is 239 g/mol. The fraction of sp³-hybridized carbons (Fsp3) is 0.200. The van der Waals surface area contributed by atoms with Gasteiger partial charge in [-0.2, -0.15) is 0 Å². The second kappa shape index (κ2) is 4.44. The molecule has 0 fully saturated rings. The van der Waals surface area contributed by atoms with Crippen molar-refractivity contribution in [2.75, 3.05) is 0 Å². The molecular weight excluding hydrogens is 230 g/mol. The van der Waals surface area contributed by atoms with E-state index in [-0.39, 0.29) is 5.76 Å². The Morgan fingerprint density at radius 3 is 3.00 bits per heavy atom. The molecule has 0 radical (unpaired) electrons. The first-order valence-corrected chi connectivity index (χ1v) is 5.50. The maximum absolute atomic E-state index is 10.8. The second-order valence-electron chi connectivity index (χ2n) is 3.12. The standard InChI is InChI=1S/C10H9NO4S/c1-6-4-15-10(11-6)16-5-7-2-3-14-8(7)9(12)13/h2-4H,5H2,1H3,(H,12,13). The van der Waals surface area contributed by atoms with Crippen molar-refractivity contribution < 1.29 is 18.7 Å². The van der Waals surface area contributed by atoms with Crippen LogP contribution in [0.1, 0.15) is 21.8 Å². The predicted molar refractivity (Wildman–Crippen MR) is 56.5 cm³/mol. The highest BCUT2D eigenvalue weighted by Crippen LogP contribution is 2.24. The number of carboxylic acid groups (broad SMARTS) is 1. The lowest BCUT2D eigenvalue weighted by Crippen LogP contribution is -1.97. The van der Waals surface area contributed by atoms with E-state index in [9.17, 15) is 4.79 Å². The zero-order valence-electron chi connectivity index (χ0n) is 8.47. The molecule has 0 aliphatic carbocycles. The van der Waals surface area contributed by atoms with Crippen LogP contribution < -0.4 is 0 Å². The maximum atomic E-state index is 10.8. The van der Waals surface area contributed by atoms with E-state index in [4.69, 9.17) is 13.9 Å². The number of aromatic nitrogens is 1. The van der Waals surface area contributed by atoms with Crippen LogP contribution in [0.4, 0.5) is 0 Å². The van der Waals surface area contributed by atoms with Crippen LogP contribution in [-0.4, -0.2) is 16.1 Å². The minimum absolute atomic E-state index is 0.0317. The molecule has 0 amide bonds. The van der Waals surface area contributed by atoms with Crippen LogP contribution in [0, 0.1) is 6.92 Å². The Labute approximate surface area is 95.5 Å². The summed E-state index contributed by atoms with van der Waals surface area (Å²) >= 11 is 1.33. The number of carboxylic acids is 1. The summed E-state index contributed by atoms with van der Waals surface area (Å²) in [6, 6.07) is 1.63. The molecule has 2 rings (SSSR count). The Balaban J connectivity index is 2.04. The molecule has 6 heteroatoms. The number of aromatic carboxylic acids is 1. The molecule has 2 aromatic rings. The van der Waals surface area contributed by atoms with Crippen molar-refractivity contribution in [3.8, 4) is 0 Å². The highest BCUT2D eigenvalue weighted by molar-refractivity contribution is 7.98. The highest BCUT2D eigenvalue weighted by atomic mass is 32.2. The van der Waals surface area contributed by atoms with E-state index in [1.54, 1.807) is 12.3 Å². The summed E-state index contributed by atoms with van der Waals surface area (Å²) in [6.45, 7) is 1.83. The number of aryl methyl sites for hydroxylation is 1. The van der Waals surface area contributed by atoms with Gasteiger partial charge in [-0.15, -0.1) is 0 Å². The van der Waals surface area contributed by atoms with Crippen LogP contribution in [0.25, 0.3) is 0 Å².